The summed E-state index contributed by atoms with van der Waals surface area (Å²) in [7, 11) is 0. The van der Waals surface area contributed by atoms with Gasteiger partial charge in [-0.05, 0) is 12.1 Å². The van der Waals surface area contributed by atoms with Crippen LogP contribution in [0.25, 0.3) is 10.9 Å². The lowest BCUT2D eigenvalue weighted by Crippen LogP contribution is -2.42. The Morgan fingerprint density at radius 1 is 1.30 bits per heavy atom. The van der Waals surface area contributed by atoms with Crippen molar-refractivity contribution in [1.29, 1.82) is 0 Å². The van der Waals surface area contributed by atoms with Crippen molar-refractivity contribution in [1.82, 2.24) is 9.88 Å². The Morgan fingerprint density at radius 3 is 2.70 bits per heavy atom. The molecular formula is C14H13BrF2N2O. The fourth-order valence-electron chi connectivity index (χ4n) is 2.48. The summed E-state index contributed by atoms with van der Waals surface area (Å²) >= 11 is 3.37. The first-order valence-electron chi connectivity index (χ1n) is 6.40. The number of piperidine rings is 1. The van der Waals surface area contributed by atoms with Gasteiger partial charge >= 0.3 is 0 Å². The number of carbonyl (C=O) groups is 1. The van der Waals surface area contributed by atoms with E-state index in [9.17, 15) is 13.6 Å². The number of nitrogens with one attached hydrogen (secondary N) is 1. The smallest absolute Gasteiger partial charge is 0.256 e. The summed E-state index contributed by atoms with van der Waals surface area (Å²) in [5, 5.41) is 0.815. The third kappa shape index (κ3) is 2.44. The van der Waals surface area contributed by atoms with Gasteiger partial charge in [0.2, 0.25) is 0 Å². The van der Waals surface area contributed by atoms with E-state index in [0.29, 0.717) is 5.56 Å². The zero-order valence-corrected chi connectivity index (χ0v) is 12.2. The quantitative estimate of drug-likeness (QED) is 0.840. The lowest BCUT2D eigenvalue weighted by Gasteiger charge is -2.31. The van der Waals surface area contributed by atoms with Crippen LogP contribution in [0.5, 0.6) is 0 Å². The highest BCUT2D eigenvalue weighted by Crippen LogP contribution is 2.29. The van der Waals surface area contributed by atoms with Crippen LogP contribution in [0.4, 0.5) is 8.78 Å². The average Bonchev–Trinajstić information content (AvgIpc) is 2.80. The molecule has 1 amide bonds. The zero-order chi connectivity index (χ0) is 14.3. The third-order valence-electron chi connectivity index (χ3n) is 3.66. The number of amides is 1. The second-order valence-electron chi connectivity index (χ2n) is 5.04. The number of aromatic amines is 1. The Labute approximate surface area is 123 Å². The van der Waals surface area contributed by atoms with Crippen LogP contribution in [0.15, 0.2) is 28.9 Å². The number of nitrogens with zero attached hydrogens (tertiary/aromatic N) is 1. The Balaban J connectivity index is 1.86. The number of carbonyl (C=O) groups excluding carboxylic acids is 1. The molecule has 2 aromatic rings. The second-order valence-corrected chi connectivity index (χ2v) is 5.96. The average molecular weight is 343 g/mol. The van der Waals surface area contributed by atoms with Crippen LogP contribution >= 0.6 is 15.9 Å². The molecule has 2 heterocycles. The summed E-state index contributed by atoms with van der Waals surface area (Å²) in [6, 6.07) is 5.59. The number of aromatic nitrogens is 1. The minimum absolute atomic E-state index is 0.106. The van der Waals surface area contributed by atoms with E-state index in [2.05, 4.69) is 20.9 Å². The Hall–Kier alpha value is -1.43. The first-order valence-corrected chi connectivity index (χ1v) is 7.19. The normalized spacial score (nSPS) is 18.4. The van der Waals surface area contributed by atoms with E-state index in [-0.39, 0.29) is 31.8 Å². The molecule has 106 valence electrons. The number of hydrogen-bond donors (Lipinski definition) is 1. The van der Waals surface area contributed by atoms with Gasteiger partial charge in [-0.15, -0.1) is 0 Å². The predicted octanol–water partition coefficient (Wildman–Crippen LogP) is 3.80. The summed E-state index contributed by atoms with van der Waals surface area (Å²) in [4.78, 5) is 17.0. The van der Waals surface area contributed by atoms with Gasteiger partial charge in [0.05, 0.1) is 5.56 Å². The molecular weight excluding hydrogens is 330 g/mol. The number of benzene rings is 1. The Bertz CT molecular complexity index is 658. The molecule has 0 atom stereocenters. The van der Waals surface area contributed by atoms with Gasteiger partial charge in [0, 0.05) is 47.5 Å². The first kappa shape index (κ1) is 13.5. The maximum Gasteiger partial charge on any atom is 0.256 e. The molecule has 0 spiro atoms. The molecule has 0 radical (unpaired) electrons. The van der Waals surface area contributed by atoms with Gasteiger partial charge in [-0.3, -0.25) is 4.79 Å². The largest absolute Gasteiger partial charge is 0.360 e. The van der Waals surface area contributed by atoms with Crippen LogP contribution in [0.2, 0.25) is 0 Å². The molecule has 6 heteroatoms. The topological polar surface area (TPSA) is 36.1 Å². The van der Waals surface area contributed by atoms with Gasteiger partial charge in [-0.1, -0.05) is 22.0 Å². The van der Waals surface area contributed by atoms with Crippen molar-refractivity contribution in [2.45, 2.75) is 18.8 Å². The van der Waals surface area contributed by atoms with E-state index < -0.39 is 5.92 Å². The number of hydrogen-bond acceptors (Lipinski definition) is 1. The maximum atomic E-state index is 13.1. The number of fused-ring (bicyclic) bond motifs is 1. The van der Waals surface area contributed by atoms with Crippen LogP contribution in [0, 0.1) is 0 Å². The molecule has 0 unspecified atom stereocenters. The van der Waals surface area contributed by atoms with Crippen LogP contribution in [0.1, 0.15) is 23.2 Å². The molecule has 3 nitrogen and oxygen atoms in total. The van der Waals surface area contributed by atoms with Gasteiger partial charge in [-0.2, -0.15) is 0 Å². The summed E-state index contributed by atoms with van der Waals surface area (Å²) in [6.07, 6.45) is 1.13. The van der Waals surface area contributed by atoms with Crippen LogP contribution in [-0.2, 0) is 0 Å². The SMILES string of the molecule is O=C(c1c[nH]c2cc(Br)ccc12)N1CCC(F)(F)CC1. The van der Waals surface area contributed by atoms with Crippen LogP contribution < -0.4 is 0 Å². The number of likely N-dealkylation sites (tertiary alicyclic amines) is 1. The molecule has 0 saturated carbocycles. The molecule has 1 aliphatic rings. The van der Waals surface area contributed by atoms with Crippen molar-refractivity contribution in [2.75, 3.05) is 13.1 Å². The van der Waals surface area contributed by atoms with E-state index in [1.54, 1.807) is 6.20 Å². The molecule has 1 N–H and O–H groups in total. The monoisotopic (exact) mass is 342 g/mol. The van der Waals surface area contributed by atoms with Gasteiger partial charge in [0.1, 0.15) is 0 Å². The highest BCUT2D eigenvalue weighted by atomic mass is 79.9. The van der Waals surface area contributed by atoms with E-state index >= 15 is 0 Å². The summed E-state index contributed by atoms with van der Waals surface area (Å²) in [5.41, 5.74) is 1.39. The lowest BCUT2D eigenvalue weighted by molar-refractivity contribution is -0.0493. The van der Waals surface area contributed by atoms with Crippen molar-refractivity contribution in [3.8, 4) is 0 Å². The minimum atomic E-state index is -2.64. The fraction of sp³-hybridized carbons (Fsp3) is 0.357. The van der Waals surface area contributed by atoms with Gasteiger partial charge in [0.25, 0.3) is 11.8 Å². The summed E-state index contributed by atoms with van der Waals surface area (Å²) in [6.45, 7) is 0.212. The molecule has 1 aromatic heterocycles. The number of H-pyrrole nitrogens is 1. The van der Waals surface area contributed by atoms with Crippen molar-refractivity contribution in [3.05, 3.63) is 34.4 Å². The van der Waals surface area contributed by atoms with Crippen LogP contribution in [-0.4, -0.2) is 34.8 Å². The zero-order valence-electron chi connectivity index (χ0n) is 10.6. The summed E-state index contributed by atoms with van der Waals surface area (Å²) in [5.74, 6) is -2.82. The van der Waals surface area contributed by atoms with E-state index in [0.717, 1.165) is 15.4 Å². The third-order valence-corrected chi connectivity index (χ3v) is 4.15. The number of halogens is 3. The van der Waals surface area contributed by atoms with Crippen LogP contribution in [0.3, 0.4) is 0 Å². The van der Waals surface area contributed by atoms with Crippen molar-refractivity contribution < 1.29 is 13.6 Å². The van der Waals surface area contributed by atoms with Crippen molar-refractivity contribution >= 4 is 32.7 Å². The summed E-state index contributed by atoms with van der Waals surface area (Å²) < 4.78 is 27.2. The molecule has 1 aromatic carbocycles. The molecule has 1 saturated heterocycles. The lowest BCUT2D eigenvalue weighted by atomic mass is 10.1. The van der Waals surface area contributed by atoms with E-state index in [1.165, 1.54) is 4.90 Å². The molecule has 1 aliphatic heterocycles. The maximum absolute atomic E-state index is 13.1. The Morgan fingerprint density at radius 2 is 2.00 bits per heavy atom. The van der Waals surface area contributed by atoms with Crippen molar-refractivity contribution in [2.24, 2.45) is 0 Å². The molecule has 0 aliphatic carbocycles. The molecule has 1 fully saturated rings. The number of alkyl halides is 2. The van der Waals surface area contributed by atoms with Gasteiger partial charge in [-0.25, -0.2) is 8.78 Å². The van der Waals surface area contributed by atoms with Gasteiger partial charge < -0.3 is 9.88 Å². The van der Waals surface area contributed by atoms with Gasteiger partial charge in [0.15, 0.2) is 0 Å². The fourth-order valence-corrected chi connectivity index (χ4v) is 2.84. The van der Waals surface area contributed by atoms with Crippen molar-refractivity contribution in [3.63, 3.8) is 0 Å². The molecule has 20 heavy (non-hydrogen) atoms. The minimum Gasteiger partial charge on any atom is -0.360 e. The van der Waals surface area contributed by atoms with E-state index in [1.807, 2.05) is 18.2 Å². The van der Waals surface area contributed by atoms with E-state index in [4.69, 9.17) is 0 Å². The standard InChI is InChI=1S/C14H13BrF2N2O/c15-9-1-2-10-11(8-18-12(10)7-9)13(20)19-5-3-14(16,17)4-6-19/h1-2,7-8,18H,3-6H2. The predicted molar refractivity (Wildman–Crippen MR) is 76.1 cm³/mol. The molecule has 0 bridgehead atoms. The Kier molecular flexibility index (Phi) is 3.28. The number of rotatable bonds is 1. The highest BCUT2D eigenvalue weighted by Gasteiger charge is 2.36. The first-order chi connectivity index (χ1) is 9.46. The molecule has 3 rings (SSSR count). The second kappa shape index (κ2) is 4.84. The highest BCUT2D eigenvalue weighted by molar-refractivity contribution is 9.10.